The maximum atomic E-state index is 12.6. The summed E-state index contributed by atoms with van der Waals surface area (Å²) < 4.78 is 12.2. The molecule has 4 aromatic rings. The summed E-state index contributed by atoms with van der Waals surface area (Å²) in [5, 5.41) is 3.39. The SMILES string of the molecule is Cc1cc(C)c2nc(NC(=O)c3occc3COc3ccccc3)sc2c1. The molecule has 0 saturated carbocycles. The van der Waals surface area contributed by atoms with Gasteiger partial charge in [0.15, 0.2) is 10.9 Å². The molecular formula is C21H18N2O3S. The summed E-state index contributed by atoms with van der Waals surface area (Å²) in [6.07, 6.45) is 1.49. The summed E-state index contributed by atoms with van der Waals surface area (Å²) in [5.74, 6) is 0.639. The van der Waals surface area contributed by atoms with E-state index in [1.165, 1.54) is 23.2 Å². The monoisotopic (exact) mass is 378 g/mol. The first-order valence-electron chi connectivity index (χ1n) is 8.53. The van der Waals surface area contributed by atoms with Crippen molar-refractivity contribution in [3.63, 3.8) is 0 Å². The molecule has 0 saturated heterocycles. The minimum atomic E-state index is -0.333. The van der Waals surface area contributed by atoms with Crippen LogP contribution < -0.4 is 10.1 Å². The molecule has 2 aromatic carbocycles. The van der Waals surface area contributed by atoms with E-state index in [1.54, 1.807) is 6.07 Å². The molecule has 2 heterocycles. The topological polar surface area (TPSA) is 64.4 Å². The number of nitrogens with one attached hydrogen (secondary N) is 1. The van der Waals surface area contributed by atoms with Crippen molar-refractivity contribution in [2.75, 3.05) is 5.32 Å². The van der Waals surface area contributed by atoms with Crippen molar-refractivity contribution in [2.45, 2.75) is 20.5 Å². The Bertz CT molecular complexity index is 1100. The number of thiazole rings is 1. The number of aromatic nitrogens is 1. The van der Waals surface area contributed by atoms with Gasteiger partial charge in [-0.15, -0.1) is 0 Å². The standard InChI is InChI=1S/C21H18N2O3S/c1-13-10-14(2)18-17(11-13)27-21(22-18)23-20(24)19-15(8-9-25-19)12-26-16-6-4-3-5-7-16/h3-11H,12H2,1-2H3,(H,22,23,24). The first-order chi connectivity index (χ1) is 13.1. The number of rotatable bonds is 5. The van der Waals surface area contributed by atoms with Crippen LogP contribution in [0.4, 0.5) is 5.13 Å². The molecule has 6 heteroatoms. The Labute approximate surface area is 160 Å². The molecule has 0 radical (unpaired) electrons. The number of ether oxygens (including phenoxy) is 1. The van der Waals surface area contributed by atoms with Gasteiger partial charge in [-0.25, -0.2) is 4.98 Å². The number of nitrogens with zero attached hydrogens (tertiary/aromatic N) is 1. The Balaban J connectivity index is 1.51. The van der Waals surface area contributed by atoms with E-state index in [0.29, 0.717) is 10.7 Å². The van der Waals surface area contributed by atoms with Crippen molar-refractivity contribution in [1.82, 2.24) is 4.98 Å². The molecule has 0 aliphatic carbocycles. The van der Waals surface area contributed by atoms with Gasteiger partial charge in [0.2, 0.25) is 0 Å². The first kappa shape index (κ1) is 17.3. The van der Waals surface area contributed by atoms with Gasteiger partial charge < -0.3 is 9.15 Å². The van der Waals surface area contributed by atoms with Crippen LogP contribution >= 0.6 is 11.3 Å². The Kier molecular flexibility index (Phi) is 4.64. The number of anilines is 1. The average Bonchev–Trinajstić information content (AvgIpc) is 3.27. The van der Waals surface area contributed by atoms with Crippen LogP contribution in [0.2, 0.25) is 0 Å². The summed E-state index contributed by atoms with van der Waals surface area (Å²) in [6.45, 7) is 4.32. The fraction of sp³-hybridized carbons (Fsp3) is 0.143. The van der Waals surface area contributed by atoms with E-state index < -0.39 is 0 Å². The largest absolute Gasteiger partial charge is 0.489 e. The molecule has 136 valence electrons. The van der Waals surface area contributed by atoms with E-state index in [2.05, 4.69) is 22.4 Å². The van der Waals surface area contributed by atoms with Crippen LogP contribution in [0.25, 0.3) is 10.2 Å². The molecule has 2 aromatic heterocycles. The second-order valence-corrected chi connectivity index (χ2v) is 7.31. The summed E-state index contributed by atoms with van der Waals surface area (Å²) in [6, 6.07) is 15.3. The predicted octanol–water partition coefficient (Wildman–Crippen LogP) is 5.34. The van der Waals surface area contributed by atoms with E-state index in [0.717, 1.165) is 21.5 Å². The second-order valence-electron chi connectivity index (χ2n) is 6.28. The Morgan fingerprint density at radius 3 is 2.81 bits per heavy atom. The third kappa shape index (κ3) is 3.71. The number of hydrogen-bond donors (Lipinski definition) is 1. The zero-order valence-electron chi connectivity index (χ0n) is 15.0. The van der Waals surface area contributed by atoms with Gasteiger partial charge in [0.25, 0.3) is 5.91 Å². The molecule has 0 aliphatic rings. The molecule has 0 atom stereocenters. The maximum absolute atomic E-state index is 12.6. The molecule has 1 N–H and O–H groups in total. The molecule has 1 amide bonds. The molecule has 4 rings (SSSR count). The molecule has 0 fully saturated rings. The third-order valence-electron chi connectivity index (χ3n) is 4.14. The van der Waals surface area contributed by atoms with Gasteiger partial charge in [0.05, 0.1) is 16.5 Å². The molecule has 0 spiro atoms. The number of furan rings is 1. The van der Waals surface area contributed by atoms with Gasteiger partial charge in [-0.2, -0.15) is 0 Å². The van der Waals surface area contributed by atoms with Crippen molar-refractivity contribution < 1.29 is 13.9 Å². The smallest absolute Gasteiger partial charge is 0.293 e. The van der Waals surface area contributed by atoms with Gasteiger partial charge in [0, 0.05) is 5.56 Å². The van der Waals surface area contributed by atoms with Crippen LogP contribution in [0.5, 0.6) is 5.75 Å². The summed E-state index contributed by atoms with van der Waals surface area (Å²) >= 11 is 1.45. The number of carbonyl (C=O) groups excluding carboxylic acids is 1. The lowest BCUT2D eigenvalue weighted by Crippen LogP contribution is -2.13. The maximum Gasteiger partial charge on any atom is 0.293 e. The number of carbonyl (C=O) groups is 1. The van der Waals surface area contributed by atoms with E-state index in [4.69, 9.17) is 9.15 Å². The lowest BCUT2D eigenvalue weighted by molar-refractivity contribution is 0.0993. The highest BCUT2D eigenvalue weighted by atomic mass is 32.1. The van der Waals surface area contributed by atoms with Gasteiger partial charge >= 0.3 is 0 Å². The summed E-state index contributed by atoms with van der Waals surface area (Å²) in [4.78, 5) is 17.2. The third-order valence-corrected chi connectivity index (χ3v) is 5.06. The first-order valence-corrected chi connectivity index (χ1v) is 9.35. The van der Waals surface area contributed by atoms with E-state index >= 15 is 0 Å². The Morgan fingerprint density at radius 2 is 2.00 bits per heavy atom. The van der Waals surface area contributed by atoms with Gasteiger partial charge in [-0.05, 0) is 49.2 Å². The number of benzene rings is 2. The zero-order chi connectivity index (χ0) is 18.8. The van der Waals surface area contributed by atoms with Crippen molar-refractivity contribution in [3.05, 3.63) is 77.2 Å². The normalized spacial score (nSPS) is 10.9. The van der Waals surface area contributed by atoms with Crippen LogP contribution in [0.15, 0.2) is 59.2 Å². The number of hydrogen-bond acceptors (Lipinski definition) is 5. The highest BCUT2D eigenvalue weighted by molar-refractivity contribution is 7.22. The van der Waals surface area contributed by atoms with Crippen LogP contribution in [0.1, 0.15) is 27.2 Å². The van der Waals surface area contributed by atoms with Crippen LogP contribution in [0.3, 0.4) is 0 Å². The number of aryl methyl sites for hydroxylation is 2. The molecule has 27 heavy (non-hydrogen) atoms. The second kappa shape index (κ2) is 7.25. The zero-order valence-corrected chi connectivity index (χ0v) is 15.8. The van der Waals surface area contributed by atoms with Gasteiger partial charge in [0.1, 0.15) is 12.4 Å². The van der Waals surface area contributed by atoms with E-state index in [-0.39, 0.29) is 18.3 Å². The number of amides is 1. The lowest BCUT2D eigenvalue weighted by atomic mass is 10.1. The van der Waals surface area contributed by atoms with E-state index in [1.807, 2.05) is 44.2 Å². The molecule has 0 unspecified atom stereocenters. The average molecular weight is 378 g/mol. The van der Waals surface area contributed by atoms with E-state index in [9.17, 15) is 4.79 Å². The molecule has 0 bridgehead atoms. The van der Waals surface area contributed by atoms with Crippen LogP contribution in [-0.4, -0.2) is 10.9 Å². The minimum Gasteiger partial charge on any atom is -0.489 e. The molecule has 5 nitrogen and oxygen atoms in total. The lowest BCUT2D eigenvalue weighted by Gasteiger charge is -2.06. The van der Waals surface area contributed by atoms with Crippen molar-refractivity contribution in [2.24, 2.45) is 0 Å². The number of para-hydroxylation sites is 1. The van der Waals surface area contributed by atoms with Crippen molar-refractivity contribution in [3.8, 4) is 5.75 Å². The number of fused-ring (bicyclic) bond motifs is 1. The van der Waals surface area contributed by atoms with Gasteiger partial charge in [-0.1, -0.05) is 35.6 Å². The van der Waals surface area contributed by atoms with Crippen molar-refractivity contribution in [1.29, 1.82) is 0 Å². The van der Waals surface area contributed by atoms with Crippen LogP contribution in [0, 0.1) is 13.8 Å². The Morgan fingerprint density at radius 1 is 1.19 bits per heavy atom. The van der Waals surface area contributed by atoms with Gasteiger partial charge in [-0.3, -0.25) is 10.1 Å². The highest BCUT2D eigenvalue weighted by Crippen LogP contribution is 2.29. The molecule has 0 aliphatic heterocycles. The van der Waals surface area contributed by atoms with Crippen molar-refractivity contribution >= 4 is 32.6 Å². The summed E-state index contributed by atoms with van der Waals surface area (Å²) in [5.41, 5.74) is 3.86. The fourth-order valence-electron chi connectivity index (χ4n) is 2.90. The van der Waals surface area contributed by atoms with Crippen LogP contribution in [-0.2, 0) is 6.61 Å². The quantitative estimate of drug-likeness (QED) is 0.509. The minimum absolute atomic E-state index is 0.234. The highest BCUT2D eigenvalue weighted by Gasteiger charge is 2.18. The Hall–Kier alpha value is -3.12. The predicted molar refractivity (Wildman–Crippen MR) is 107 cm³/mol. The molecular weight excluding hydrogens is 360 g/mol. The fourth-order valence-corrected chi connectivity index (χ4v) is 3.94. The summed E-state index contributed by atoms with van der Waals surface area (Å²) in [7, 11) is 0.